The van der Waals surface area contributed by atoms with E-state index in [9.17, 15) is 18.0 Å². The summed E-state index contributed by atoms with van der Waals surface area (Å²) in [5.74, 6) is -0.971. The highest BCUT2D eigenvalue weighted by atomic mass is 19.4. The van der Waals surface area contributed by atoms with Crippen LogP contribution in [0.3, 0.4) is 0 Å². The Hall–Kier alpha value is -0.540. The van der Waals surface area contributed by atoms with Crippen molar-refractivity contribution in [2.45, 2.75) is 51.6 Å². The van der Waals surface area contributed by atoms with E-state index in [-0.39, 0.29) is 24.5 Å². The summed E-state index contributed by atoms with van der Waals surface area (Å²) < 4.78 is 37.3. The Morgan fingerprint density at radius 2 is 2.00 bits per heavy atom. The van der Waals surface area contributed by atoms with Crippen molar-refractivity contribution in [3.63, 3.8) is 0 Å². The van der Waals surface area contributed by atoms with Crippen LogP contribution in [0.15, 0.2) is 0 Å². The summed E-state index contributed by atoms with van der Waals surface area (Å²) in [4.78, 5) is 10.7. The fourth-order valence-electron chi connectivity index (χ4n) is 2.26. The highest BCUT2D eigenvalue weighted by molar-refractivity contribution is 5.75. The van der Waals surface area contributed by atoms with Crippen LogP contribution >= 0.6 is 0 Å². The zero-order valence-electron chi connectivity index (χ0n) is 8.94. The maximum Gasteiger partial charge on any atom is 0.391 e. The zero-order chi connectivity index (χ0) is 11.5. The molecule has 1 aliphatic rings. The highest BCUT2D eigenvalue weighted by Gasteiger charge is 2.41. The molecule has 1 aliphatic carbocycles. The molecular weight excluding hydrogens is 205 g/mol. The quantitative estimate of drug-likeness (QED) is 0.711. The number of carbonyl (C=O) groups is 1. The Morgan fingerprint density at radius 1 is 1.33 bits per heavy atom. The first-order valence-electron chi connectivity index (χ1n) is 5.45. The number of hydrogen-bond donors (Lipinski definition) is 0. The highest BCUT2D eigenvalue weighted by Crippen LogP contribution is 2.41. The van der Waals surface area contributed by atoms with Gasteiger partial charge in [-0.2, -0.15) is 13.2 Å². The zero-order valence-corrected chi connectivity index (χ0v) is 8.94. The minimum atomic E-state index is -4.05. The van der Waals surface area contributed by atoms with Gasteiger partial charge in [-0.3, -0.25) is 0 Å². The molecule has 15 heavy (non-hydrogen) atoms. The molecule has 1 saturated carbocycles. The normalized spacial score (nSPS) is 27.7. The maximum absolute atomic E-state index is 12.4. The molecule has 88 valence electrons. The average Bonchev–Trinajstić information content (AvgIpc) is 2.14. The molecule has 2 unspecified atom stereocenters. The van der Waals surface area contributed by atoms with Crippen LogP contribution in [0, 0.1) is 11.8 Å². The van der Waals surface area contributed by atoms with Crippen molar-refractivity contribution in [3.05, 3.63) is 0 Å². The Bertz CT molecular complexity index is 222. The number of Topliss-reactive ketones (excluding diaryl/α,β-unsaturated/α-hetero) is 1. The van der Waals surface area contributed by atoms with E-state index in [1.807, 2.05) is 0 Å². The van der Waals surface area contributed by atoms with E-state index in [0.29, 0.717) is 19.3 Å². The van der Waals surface area contributed by atoms with Gasteiger partial charge in [0.05, 0.1) is 5.92 Å². The SMILES string of the molecule is CC(=O)CCC1CCCC(C(F)(F)F)C1. The Kier molecular flexibility index (Phi) is 4.17. The average molecular weight is 222 g/mol. The molecule has 0 spiro atoms. The molecule has 0 aromatic rings. The number of hydrogen-bond acceptors (Lipinski definition) is 1. The van der Waals surface area contributed by atoms with Gasteiger partial charge in [-0.25, -0.2) is 0 Å². The van der Waals surface area contributed by atoms with Crippen LogP contribution in [0.2, 0.25) is 0 Å². The van der Waals surface area contributed by atoms with Crippen LogP contribution in [-0.4, -0.2) is 12.0 Å². The van der Waals surface area contributed by atoms with Gasteiger partial charge in [0.1, 0.15) is 5.78 Å². The topological polar surface area (TPSA) is 17.1 Å². The van der Waals surface area contributed by atoms with Crippen LogP contribution in [0.1, 0.15) is 45.4 Å². The number of carbonyl (C=O) groups excluding carboxylic acids is 1. The van der Waals surface area contributed by atoms with Crippen LogP contribution in [0.25, 0.3) is 0 Å². The molecule has 1 rings (SSSR count). The van der Waals surface area contributed by atoms with Crippen LogP contribution in [0.4, 0.5) is 13.2 Å². The molecule has 0 aromatic carbocycles. The predicted octanol–water partition coefficient (Wildman–Crippen LogP) is 3.72. The van der Waals surface area contributed by atoms with Gasteiger partial charge in [-0.05, 0) is 32.1 Å². The van der Waals surface area contributed by atoms with Crippen molar-refractivity contribution >= 4 is 5.78 Å². The smallest absolute Gasteiger partial charge is 0.300 e. The summed E-state index contributed by atoms with van der Waals surface area (Å²) in [6.45, 7) is 1.49. The molecule has 0 amide bonds. The van der Waals surface area contributed by atoms with Crippen molar-refractivity contribution < 1.29 is 18.0 Å². The monoisotopic (exact) mass is 222 g/mol. The molecule has 0 aliphatic heterocycles. The third-order valence-corrected chi connectivity index (χ3v) is 3.15. The molecule has 0 heterocycles. The van der Waals surface area contributed by atoms with Gasteiger partial charge in [-0.15, -0.1) is 0 Å². The van der Waals surface area contributed by atoms with E-state index in [1.54, 1.807) is 0 Å². The third-order valence-electron chi connectivity index (χ3n) is 3.15. The molecule has 2 atom stereocenters. The standard InChI is InChI=1S/C11H17F3O/c1-8(15)5-6-9-3-2-4-10(7-9)11(12,13)14/h9-10H,2-7H2,1H3. The molecule has 0 N–H and O–H groups in total. The van der Waals surface area contributed by atoms with Gasteiger partial charge >= 0.3 is 6.18 Å². The van der Waals surface area contributed by atoms with E-state index in [1.165, 1.54) is 6.92 Å². The molecule has 1 nitrogen and oxygen atoms in total. The fourth-order valence-corrected chi connectivity index (χ4v) is 2.26. The molecule has 0 saturated heterocycles. The lowest BCUT2D eigenvalue weighted by molar-refractivity contribution is -0.185. The lowest BCUT2D eigenvalue weighted by atomic mass is 9.79. The van der Waals surface area contributed by atoms with E-state index in [0.717, 1.165) is 6.42 Å². The van der Waals surface area contributed by atoms with Gasteiger partial charge in [-0.1, -0.05) is 12.8 Å². The minimum Gasteiger partial charge on any atom is -0.300 e. The van der Waals surface area contributed by atoms with Crippen molar-refractivity contribution in [1.82, 2.24) is 0 Å². The lowest BCUT2D eigenvalue weighted by Crippen LogP contribution is -2.28. The second-order valence-corrected chi connectivity index (χ2v) is 4.51. The summed E-state index contributed by atoms with van der Waals surface area (Å²) in [6, 6.07) is 0. The number of alkyl halides is 3. The van der Waals surface area contributed by atoms with Crippen molar-refractivity contribution in [2.75, 3.05) is 0 Å². The number of rotatable bonds is 3. The number of ketones is 1. The van der Waals surface area contributed by atoms with E-state index in [2.05, 4.69) is 0 Å². The van der Waals surface area contributed by atoms with Crippen LogP contribution in [0.5, 0.6) is 0 Å². The van der Waals surface area contributed by atoms with Gasteiger partial charge in [0, 0.05) is 6.42 Å². The van der Waals surface area contributed by atoms with Gasteiger partial charge < -0.3 is 4.79 Å². The Morgan fingerprint density at radius 3 is 2.53 bits per heavy atom. The molecule has 1 fully saturated rings. The molecule has 4 heteroatoms. The largest absolute Gasteiger partial charge is 0.391 e. The molecule has 0 radical (unpaired) electrons. The van der Waals surface area contributed by atoms with E-state index >= 15 is 0 Å². The van der Waals surface area contributed by atoms with Crippen molar-refractivity contribution in [3.8, 4) is 0 Å². The summed E-state index contributed by atoms with van der Waals surface area (Å²) in [6.07, 6.45) is -1.02. The first-order chi connectivity index (χ1) is 6.89. The predicted molar refractivity (Wildman–Crippen MR) is 51.4 cm³/mol. The van der Waals surface area contributed by atoms with E-state index in [4.69, 9.17) is 0 Å². The fraction of sp³-hybridized carbons (Fsp3) is 0.909. The number of halogens is 3. The van der Waals surface area contributed by atoms with Gasteiger partial charge in [0.25, 0.3) is 0 Å². The second-order valence-electron chi connectivity index (χ2n) is 4.51. The van der Waals surface area contributed by atoms with E-state index < -0.39 is 12.1 Å². The summed E-state index contributed by atoms with van der Waals surface area (Å²) in [5.41, 5.74) is 0. The molecule has 0 bridgehead atoms. The minimum absolute atomic E-state index is 0.0733. The first kappa shape index (κ1) is 12.5. The Labute approximate surface area is 88.0 Å². The summed E-state index contributed by atoms with van der Waals surface area (Å²) >= 11 is 0. The second kappa shape index (κ2) is 4.99. The van der Waals surface area contributed by atoms with Gasteiger partial charge in [0.2, 0.25) is 0 Å². The molecule has 0 aromatic heterocycles. The van der Waals surface area contributed by atoms with Crippen molar-refractivity contribution in [2.24, 2.45) is 11.8 Å². The van der Waals surface area contributed by atoms with Gasteiger partial charge in [0.15, 0.2) is 0 Å². The molecular formula is C11H17F3O. The summed E-state index contributed by atoms with van der Waals surface area (Å²) in [5, 5.41) is 0. The first-order valence-corrected chi connectivity index (χ1v) is 5.45. The van der Waals surface area contributed by atoms with Crippen molar-refractivity contribution in [1.29, 1.82) is 0 Å². The lowest BCUT2D eigenvalue weighted by Gasteiger charge is -2.30. The third kappa shape index (κ3) is 4.22. The maximum atomic E-state index is 12.4. The van der Waals surface area contributed by atoms with Crippen LogP contribution in [-0.2, 0) is 4.79 Å². The Balaban J connectivity index is 2.39. The summed E-state index contributed by atoms with van der Waals surface area (Å²) in [7, 11) is 0. The van der Waals surface area contributed by atoms with Crippen LogP contribution < -0.4 is 0 Å².